The fourth-order valence-corrected chi connectivity index (χ4v) is 4.05. The van der Waals surface area contributed by atoms with Crippen LogP contribution in [-0.2, 0) is 16.1 Å². The number of carboxylic acid groups (broad SMARTS) is 1. The molecule has 1 aliphatic carbocycles. The van der Waals surface area contributed by atoms with E-state index in [2.05, 4.69) is 5.32 Å². The Balaban J connectivity index is 1.59. The van der Waals surface area contributed by atoms with E-state index >= 15 is 0 Å². The first-order chi connectivity index (χ1) is 11.5. The van der Waals surface area contributed by atoms with Crippen molar-refractivity contribution >= 4 is 11.9 Å². The van der Waals surface area contributed by atoms with E-state index in [9.17, 15) is 19.1 Å². The summed E-state index contributed by atoms with van der Waals surface area (Å²) in [6, 6.07) is 5.61. The molecular weight excluding hydrogens is 311 g/mol. The first-order valence-corrected chi connectivity index (χ1v) is 8.54. The number of carboxylic acids is 1. The maximum atomic E-state index is 12.9. The van der Waals surface area contributed by atoms with Crippen molar-refractivity contribution in [2.45, 2.75) is 50.7 Å². The van der Waals surface area contributed by atoms with Crippen LogP contribution in [0.5, 0.6) is 0 Å². The topological polar surface area (TPSA) is 69.6 Å². The van der Waals surface area contributed by atoms with Gasteiger partial charge in [-0.25, -0.2) is 4.39 Å². The molecule has 0 bridgehead atoms. The van der Waals surface area contributed by atoms with Crippen LogP contribution in [0.3, 0.4) is 0 Å². The Morgan fingerprint density at radius 3 is 2.62 bits per heavy atom. The molecule has 0 radical (unpaired) electrons. The van der Waals surface area contributed by atoms with Gasteiger partial charge in [-0.1, -0.05) is 25.0 Å². The summed E-state index contributed by atoms with van der Waals surface area (Å²) in [7, 11) is 0. The Kier molecular flexibility index (Phi) is 5.14. The van der Waals surface area contributed by atoms with E-state index in [0.717, 1.165) is 31.2 Å². The van der Waals surface area contributed by atoms with Crippen molar-refractivity contribution in [3.8, 4) is 0 Å². The number of likely N-dealkylation sites (tertiary alicyclic amines) is 1. The van der Waals surface area contributed by atoms with Crippen molar-refractivity contribution in [2.24, 2.45) is 5.92 Å². The lowest BCUT2D eigenvalue weighted by atomic mass is 9.85. The number of hydrogen-bond acceptors (Lipinski definition) is 3. The molecular formula is C18H23FN2O3. The van der Waals surface area contributed by atoms with Crippen LogP contribution in [0.2, 0.25) is 0 Å². The average Bonchev–Trinajstić information content (AvgIpc) is 2.93. The molecule has 2 N–H and O–H groups in total. The van der Waals surface area contributed by atoms with Crippen LogP contribution in [0.15, 0.2) is 24.3 Å². The number of nitrogens with one attached hydrogen (secondary N) is 1. The van der Waals surface area contributed by atoms with E-state index < -0.39 is 12.0 Å². The smallest absolute Gasteiger partial charge is 0.320 e. The minimum Gasteiger partial charge on any atom is -0.480 e. The molecule has 0 spiro atoms. The van der Waals surface area contributed by atoms with Gasteiger partial charge in [0.1, 0.15) is 11.9 Å². The van der Waals surface area contributed by atoms with Gasteiger partial charge < -0.3 is 10.4 Å². The quantitative estimate of drug-likeness (QED) is 0.866. The third kappa shape index (κ3) is 3.75. The van der Waals surface area contributed by atoms with E-state index in [1.165, 1.54) is 12.1 Å². The highest BCUT2D eigenvalue weighted by molar-refractivity contribution is 5.80. The first-order valence-electron chi connectivity index (χ1n) is 8.54. The van der Waals surface area contributed by atoms with Gasteiger partial charge in [0.25, 0.3) is 0 Å². The summed E-state index contributed by atoms with van der Waals surface area (Å²) in [5.74, 6) is -0.938. The normalized spacial score (nSPS) is 26.8. The van der Waals surface area contributed by atoms with Crippen molar-refractivity contribution in [3.63, 3.8) is 0 Å². The van der Waals surface area contributed by atoms with Crippen LogP contribution in [0.1, 0.15) is 37.7 Å². The molecule has 1 aliphatic heterocycles. The van der Waals surface area contributed by atoms with Crippen LogP contribution in [0.25, 0.3) is 0 Å². The molecule has 1 saturated carbocycles. The molecule has 130 valence electrons. The van der Waals surface area contributed by atoms with Gasteiger partial charge in [-0.2, -0.15) is 0 Å². The fraction of sp³-hybridized carbons (Fsp3) is 0.556. The Bertz CT molecular complexity index is 605. The zero-order valence-corrected chi connectivity index (χ0v) is 13.6. The molecule has 2 fully saturated rings. The summed E-state index contributed by atoms with van der Waals surface area (Å²) in [6.07, 6.45) is 4.92. The molecule has 1 heterocycles. The molecule has 0 unspecified atom stereocenters. The second-order valence-corrected chi connectivity index (χ2v) is 6.78. The van der Waals surface area contributed by atoms with Gasteiger partial charge in [-0.15, -0.1) is 0 Å². The molecule has 5 nitrogen and oxygen atoms in total. The fourth-order valence-electron chi connectivity index (χ4n) is 4.05. The lowest BCUT2D eigenvalue weighted by molar-refractivity contribution is -0.143. The monoisotopic (exact) mass is 334 g/mol. The molecule has 1 aromatic carbocycles. The maximum absolute atomic E-state index is 12.9. The molecule has 2 aliphatic rings. The Hall–Kier alpha value is -1.95. The van der Waals surface area contributed by atoms with Gasteiger partial charge in [0.15, 0.2) is 0 Å². The highest BCUT2D eigenvalue weighted by Gasteiger charge is 2.45. The lowest BCUT2D eigenvalue weighted by Crippen LogP contribution is -2.47. The molecule has 3 rings (SSSR count). The number of rotatable bonds is 5. The van der Waals surface area contributed by atoms with E-state index in [4.69, 9.17) is 0 Å². The highest BCUT2D eigenvalue weighted by atomic mass is 19.1. The number of carbonyl (C=O) groups is 2. The molecule has 1 amide bonds. The Labute approximate surface area is 140 Å². The summed E-state index contributed by atoms with van der Waals surface area (Å²) < 4.78 is 12.9. The van der Waals surface area contributed by atoms with Crippen LogP contribution in [0.4, 0.5) is 4.39 Å². The number of nitrogens with zero attached hydrogens (tertiary/aromatic N) is 1. The van der Waals surface area contributed by atoms with Crippen molar-refractivity contribution in [3.05, 3.63) is 35.6 Å². The van der Waals surface area contributed by atoms with Gasteiger partial charge >= 0.3 is 5.97 Å². The Morgan fingerprint density at radius 2 is 1.92 bits per heavy atom. The molecule has 24 heavy (non-hydrogen) atoms. The lowest BCUT2D eigenvalue weighted by Gasteiger charge is -2.32. The van der Waals surface area contributed by atoms with Crippen molar-refractivity contribution in [1.82, 2.24) is 10.2 Å². The zero-order chi connectivity index (χ0) is 17.1. The largest absolute Gasteiger partial charge is 0.480 e. The van der Waals surface area contributed by atoms with Gasteiger partial charge in [0.05, 0.1) is 6.54 Å². The third-order valence-electron chi connectivity index (χ3n) is 5.24. The van der Waals surface area contributed by atoms with Gasteiger partial charge in [-0.05, 0) is 42.9 Å². The molecule has 1 aromatic rings. The first kappa shape index (κ1) is 16.9. The van der Waals surface area contributed by atoms with Gasteiger partial charge in [0, 0.05) is 12.6 Å². The van der Waals surface area contributed by atoms with Crippen LogP contribution in [-0.4, -0.2) is 40.5 Å². The van der Waals surface area contributed by atoms with E-state index in [0.29, 0.717) is 18.9 Å². The number of benzene rings is 1. The number of fused-ring (bicyclic) bond motifs is 1. The maximum Gasteiger partial charge on any atom is 0.320 e. The van der Waals surface area contributed by atoms with Crippen molar-refractivity contribution < 1.29 is 19.1 Å². The van der Waals surface area contributed by atoms with Gasteiger partial charge in [0.2, 0.25) is 5.91 Å². The summed E-state index contributed by atoms with van der Waals surface area (Å²) in [5, 5.41) is 12.3. The number of carbonyl (C=O) groups excluding carboxylic acids is 1. The van der Waals surface area contributed by atoms with Crippen LogP contribution >= 0.6 is 0 Å². The zero-order valence-electron chi connectivity index (χ0n) is 13.6. The number of amides is 1. The SMILES string of the molecule is O=C(CN1[C@H](C(=O)O)C[C@H]2CCCC[C@@H]21)NCc1ccc(F)cc1. The predicted molar refractivity (Wildman–Crippen MR) is 86.7 cm³/mol. The van der Waals surface area contributed by atoms with Crippen molar-refractivity contribution in [2.75, 3.05) is 6.54 Å². The number of hydrogen-bond donors (Lipinski definition) is 2. The van der Waals surface area contributed by atoms with Crippen LogP contribution < -0.4 is 5.32 Å². The van der Waals surface area contributed by atoms with Crippen LogP contribution in [0, 0.1) is 11.7 Å². The summed E-state index contributed by atoms with van der Waals surface area (Å²) in [6.45, 7) is 0.429. The predicted octanol–water partition coefficient (Wildman–Crippen LogP) is 2.16. The molecule has 0 aromatic heterocycles. The molecule has 6 heteroatoms. The molecule has 3 atom stereocenters. The third-order valence-corrected chi connectivity index (χ3v) is 5.24. The van der Waals surface area contributed by atoms with E-state index in [1.54, 1.807) is 12.1 Å². The van der Waals surface area contributed by atoms with E-state index in [1.807, 2.05) is 4.90 Å². The summed E-state index contributed by atoms with van der Waals surface area (Å²) >= 11 is 0. The molecule has 1 saturated heterocycles. The van der Waals surface area contributed by atoms with E-state index in [-0.39, 0.29) is 24.3 Å². The number of halogens is 1. The second-order valence-electron chi connectivity index (χ2n) is 6.78. The summed E-state index contributed by atoms with van der Waals surface area (Å²) in [5.41, 5.74) is 0.816. The number of aliphatic carboxylic acids is 1. The second kappa shape index (κ2) is 7.30. The standard InChI is InChI=1S/C18H23FN2O3/c19-14-7-5-12(6-8-14)10-20-17(22)11-21-15-4-2-1-3-13(15)9-16(21)18(23)24/h5-8,13,15-16H,1-4,9-11H2,(H,20,22)(H,23,24)/t13-,15+,16+/m1/s1. The minimum atomic E-state index is -0.837. The minimum absolute atomic E-state index is 0.110. The Morgan fingerprint density at radius 1 is 1.21 bits per heavy atom. The highest BCUT2D eigenvalue weighted by Crippen LogP contribution is 2.39. The average molecular weight is 334 g/mol. The van der Waals surface area contributed by atoms with Crippen molar-refractivity contribution in [1.29, 1.82) is 0 Å². The van der Waals surface area contributed by atoms with Gasteiger partial charge in [-0.3, -0.25) is 14.5 Å². The summed E-state index contributed by atoms with van der Waals surface area (Å²) in [4.78, 5) is 25.7.